The fraction of sp³-hybridized carbons (Fsp3) is 0. The molecule has 0 aliphatic carbocycles. The number of nitro benzene ring substituents is 1. The number of pyridine rings is 1. The lowest BCUT2D eigenvalue weighted by atomic mass is 10.0. The number of benzene rings is 1. The Morgan fingerprint density at radius 1 is 1.25 bits per heavy atom. The van der Waals surface area contributed by atoms with Crippen LogP contribution in [0.15, 0.2) is 42.7 Å². The zero-order valence-corrected chi connectivity index (χ0v) is 8.33. The number of nitrogens with zero attached hydrogens (tertiary/aromatic N) is 2. The highest BCUT2D eigenvalue weighted by Gasteiger charge is 2.18. The molecule has 5 nitrogen and oxygen atoms in total. The van der Waals surface area contributed by atoms with Gasteiger partial charge in [-0.25, -0.2) is 0 Å². The number of hydrogen-bond acceptors (Lipinski definition) is 4. The maximum Gasteiger partial charge on any atom is 0.299 e. The summed E-state index contributed by atoms with van der Waals surface area (Å²) in [5, 5.41) is 10.9. The van der Waals surface area contributed by atoms with Crippen molar-refractivity contribution in [3.63, 3.8) is 0 Å². The Labute approximate surface area is 91.7 Å². The van der Waals surface area contributed by atoms with E-state index in [9.17, 15) is 10.1 Å². The summed E-state index contributed by atoms with van der Waals surface area (Å²) in [6.45, 7) is 0. The van der Waals surface area contributed by atoms with Crippen molar-refractivity contribution in [2.45, 2.75) is 0 Å². The molecule has 2 aromatic rings. The van der Waals surface area contributed by atoms with Gasteiger partial charge in [0.05, 0.1) is 10.5 Å². The predicted octanol–water partition coefficient (Wildman–Crippen LogP) is 2.24. The first-order valence-electron chi connectivity index (χ1n) is 4.63. The first kappa shape index (κ1) is 10.1. The van der Waals surface area contributed by atoms with E-state index in [0.717, 1.165) is 0 Å². The van der Waals surface area contributed by atoms with Crippen LogP contribution in [0.1, 0.15) is 0 Å². The van der Waals surface area contributed by atoms with E-state index in [0.29, 0.717) is 11.1 Å². The Morgan fingerprint density at radius 3 is 2.69 bits per heavy atom. The van der Waals surface area contributed by atoms with Crippen LogP contribution in [0.25, 0.3) is 11.1 Å². The molecule has 2 rings (SSSR count). The highest BCUT2D eigenvalue weighted by atomic mass is 16.6. The average Bonchev–Trinajstić information content (AvgIpc) is 2.29. The molecule has 0 saturated carbocycles. The van der Waals surface area contributed by atoms with E-state index in [1.807, 2.05) is 0 Å². The zero-order chi connectivity index (χ0) is 11.5. The molecule has 0 fully saturated rings. The Morgan fingerprint density at radius 2 is 2.06 bits per heavy atom. The van der Waals surface area contributed by atoms with Gasteiger partial charge >= 0.3 is 0 Å². The number of anilines is 1. The number of aromatic nitrogens is 1. The van der Waals surface area contributed by atoms with Crippen LogP contribution in [0.2, 0.25) is 0 Å². The van der Waals surface area contributed by atoms with Gasteiger partial charge < -0.3 is 5.73 Å². The number of nitrogens with two attached hydrogens (primary N) is 1. The second-order valence-corrected chi connectivity index (χ2v) is 3.24. The normalized spacial score (nSPS) is 10.0. The Balaban J connectivity index is 2.66. The molecular weight excluding hydrogens is 206 g/mol. The van der Waals surface area contributed by atoms with Crippen molar-refractivity contribution in [3.05, 3.63) is 52.8 Å². The molecule has 0 saturated heterocycles. The van der Waals surface area contributed by atoms with Crippen LogP contribution in [-0.4, -0.2) is 9.91 Å². The van der Waals surface area contributed by atoms with Crippen molar-refractivity contribution in [1.82, 2.24) is 4.98 Å². The van der Waals surface area contributed by atoms with Crippen molar-refractivity contribution >= 4 is 11.4 Å². The minimum Gasteiger partial charge on any atom is -0.393 e. The molecule has 1 heterocycles. The van der Waals surface area contributed by atoms with Gasteiger partial charge in [-0.05, 0) is 18.2 Å². The van der Waals surface area contributed by atoms with Gasteiger partial charge in [0.1, 0.15) is 5.69 Å². The Bertz CT molecular complexity index is 526. The fourth-order valence-corrected chi connectivity index (χ4v) is 1.52. The highest BCUT2D eigenvalue weighted by Crippen LogP contribution is 2.33. The number of nitrogen functional groups attached to an aromatic ring is 1. The van der Waals surface area contributed by atoms with Crippen molar-refractivity contribution in [2.75, 3.05) is 5.73 Å². The van der Waals surface area contributed by atoms with Gasteiger partial charge in [-0.3, -0.25) is 15.1 Å². The van der Waals surface area contributed by atoms with Gasteiger partial charge in [-0.2, -0.15) is 0 Å². The van der Waals surface area contributed by atoms with E-state index in [4.69, 9.17) is 5.73 Å². The fourth-order valence-electron chi connectivity index (χ4n) is 1.52. The van der Waals surface area contributed by atoms with Crippen molar-refractivity contribution in [1.29, 1.82) is 0 Å². The molecular formula is C11H9N3O2. The molecule has 5 heteroatoms. The lowest BCUT2D eigenvalue weighted by Crippen LogP contribution is -1.97. The van der Waals surface area contributed by atoms with Gasteiger partial charge in [0.25, 0.3) is 5.69 Å². The zero-order valence-electron chi connectivity index (χ0n) is 8.33. The second-order valence-electron chi connectivity index (χ2n) is 3.24. The number of para-hydroxylation sites is 1. The number of hydrogen-bond donors (Lipinski definition) is 1. The minimum atomic E-state index is -0.475. The SMILES string of the molecule is Nc1cccc(-c2cccnc2)c1[N+](=O)[O-]. The topological polar surface area (TPSA) is 82.0 Å². The van der Waals surface area contributed by atoms with Crippen LogP contribution < -0.4 is 5.73 Å². The third-order valence-electron chi connectivity index (χ3n) is 2.22. The lowest BCUT2D eigenvalue weighted by molar-refractivity contribution is -0.383. The van der Waals surface area contributed by atoms with Crippen LogP contribution in [0, 0.1) is 10.1 Å². The van der Waals surface area contributed by atoms with Crippen LogP contribution in [0.5, 0.6) is 0 Å². The van der Waals surface area contributed by atoms with Gasteiger partial charge in [0.2, 0.25) is 0 Å². The molecule has 0 unspecified atom stereocenters. The molecule has 0 radical (unpaired) electrons. The minimum absolute atomic E-state index is 0.0736. The molecule has 1 aromatic heterocycles. The molecule has 0 spiro atoms. The Kier molecular flexibility index (Phi) is 2.51. The molecule has 2 N–H and O–H groups in total. The summed E-state index contributed by atoms with van der Waals surface area (Å²) in [5.74, 6) is 0. The number of nitro groups is 1. The summed E-state index contributed by atoms with van der Waals surface area (Å²) < 4.78 is 0. The van der Waals surface area contributed by atoms with E-state index >= 15 is 0 Å². The quantitative estimate of drug-likeness (QED) is 0.473. The molecule has 0 aliphatic heterocycles. The van der Waals surface area contributed by atoms with Crippen molar-refractivity contribution in [2.24, 2.45) is 0 Å². The molecule has 0 aliphatic rings. The van der Waals surface area contributed by atoms with Crippen molar-refractivity contribution in [3.8, 4) is 11.1 Å². The summed E-state index contributed by atoms with van der Waals surface area (Å²) in [7, 11) is 0. The molecule has 1 aromatic carbocycles. The maximum absolute atomic E-state index is 10.9. The third kappa shape index (κ3) is 1.70. The van der Waals surface area contributed by atoms with Gasteiger partial charge in [0, 0.05) is 18.0 Å². The third-order valence-corrected chi connectivity index (χ3v) is 2.22. The first-order valence-corrected chi connectivity index (χ1v) is 4.63. The molecule has 80 valence electrons. The van der Waals surface area contributed by atoms with Gasteiger partial charge in [-0.15, -0.1) is 0 Å². The summed E-state index contributed by atoms with van der Waals surface area (Å²) in [6, 6.07) is 8.34. The Hall–Kier alpha value is -2.43. The van der Waals surface area contributed by atoms with Gasteiger partial charge in [0.15, 0.2) is 0 Å². The van der Waals surface area contributed by atoms with Crippen LogP contribution >= 0.6 is 0 Å². The van der Waals surface area contributed by atoms with E-state index in [2.05, 4.69) is 4.98 Å². The average molecular weight is 215 g/mol. The summed E-state index contributed by atoms with van der Waals surface area (Å²) in [4.78, 5) is 14.4. The van der Waals surface area contributed by atoms with Crippen LogP contribution in [-0.2, 0) is 0 Å². The standard InChI is InChI=1S/C11H9N3O2/c12-10-5-1-4-9(11(10)14(15)16)8-3-2-6-13-7-8/h1-7H,12H2. The summed E-state index contributed by atoms with van der Waals surface area (Å²) in [6.07, 6.45) is 3.18. The highest BCUT2D eigenvalue weighted by molar-refractivity contribution is 5.80. The molecule has 0 amide bonds. The molecule has 0 bridgehead atoms. The summed E-state index contributed by atoms with van der Waals surface area (Å²) >= 11 is 0. The van der Waals surface area contributed by atoms with Crippen LogP contribution in [0.3, 0.4) is 0 Å². The lowest BCUT2D eigenvalue weighted by Gasteiger charge is -2.04. The first-order chi connectivity index (χ1) is 7.70. The molecule has 0 atom stereocenters. The van der Waals surface area contributed by atoms with Gasteiger partial charge in [-0.1, -0.05) is 12.1 Å². The van der Waals surface area contributed by atoms with E-state index in [1.54, 1.807) is 36.7 Å². The molecule has 16 heavy (non-hydrogen) atoms. The van der Waals surface area contributed by atoms with Crippen LogP contribution in [0.4, 0.5) is 11.4 Å². The smallest absolute Gasteiger partial charge is 0.299 e. The second kappa shape index (κ2) is 3.98. The predicted molar refractivity (Wildman–Crippen MR) is 60.7 cm³/mol. The van der Waals surface area contributed by atoms with E-state index in [-0.39, 0.29) is 11.4 Å². The van der Waals surface area contributed by atoms with Crippen molar-refractivity contribution < 1.29 is 4.92 Å². The van der Waals surface area contributed by atoms with E-state index in [1.165, 1.54) is 6.07 Å². The maximum atomic E-state index is 10.9. The van der Waals surface area contributed by atoms with E-state index < -0.39 is 4.92 Å². The summed E-state index contributed by atoms with van der Waals surface area (Å²) in [5.41, 5.74) is 6.85. The monoisotopic (exact) mass is 215 g/mol. The largest absolute Gasteiger partial charge is 0.393 e. The number of rotatable bonds is 2.